The predicted molar refractivity (Wildman–Crippen MR) is 76.6 cm³/mol. The summed E-state index contributed by atoms with van der Waals surface area (Å²) in [7, 11) is 0. The smallest absolute Gasteiger partial charge is 0.358 e. The SMILES string of the molecule is CCOC(=O)c1cc(-c2ccc(C#N)cc2)n(C2CC2)n1. The fraction of sp³-hybridized carbons (Fsp3) is 0.312. The zero-order valence-corrected chi connectivity index (χ0v) is 11.7. The van der Waals surface area contributed by atoms with Crippen LogP contribution in [0, 0.1) is 11.3 Å². The van der Waals surface area contributed by atoms with E-state index >= 15 is 0 Å². The molecule has 1 fully saturated rings. The topological polar surface area (TPSA) is 67.9 Å². The van der Waals surface area contributed by atoms with Crippen molar-refractivity contribution < 1.29 is 9.53 Å². The second-order valence-corrected chi connectivity index (χ2v) is 5.00. The van der Waals surface area contributed by atoms with Gasteiger partial charge in [0.1, 0.15) is 0 Å². The molecule has 0 radical (unpaired) electrons. The van der Waals surface area contributed by atoms with Crippen LogP contribution in [0.4, 0.5) is 0 Å². The van der Waals surface area contributed by atoms with Crippen LogP contribution in [0.2, 0.25) is 0 Å². The molecular weight excluding hydrogens is 266 g/mol. The predicted octanol–water partition coefficient (Wildman–Crippen LogP) is 2.93. The Balaban J connectivity index is 1.99. The maximum absolute atomic E-state index is 11.8. The monoisotopic (exact) mass is 281 g/mol. The number of nitriles is 1. The van der Waals surface area contributed by atoms with Crippen molar-refractivity contribution in [3.8, 4) is 17.3 Å². The normalized spacial score (nSPS) is 13.7. The molecule has 0 bridgehead atoms. The summed E-state index contributed by atoms with van der Waals surface area (Å²) >= 11 is 0. The van der Waals surface area contributed by atoms with E-state index in [1.54, 1.807) is 25.1 Å². The number of aromatic nitrogens is 2. The van der Waals surface area contributed by atoms with Crippen LogP contribution in [-0.2, 0) is 4.74 Å². The van der Waals surface area contributed by atoms with Gasteiger partial charge in [-0.2, -0.15) is 10.4 Å². The van der Waals surface area contributed by atoms with Gasteiger partial charge in [0.15, 0.2) is 5.69 Å². The molecule has 106 valence electrons. The minimum absolute atomic E-state index is 0.335. The lowest BCUT2D eigenvalue weighted by Gasteiger charge is -2.05. The van der Waals surface area contributed by atoms with Crippen molar-refractivity contribution in [1.29, 1.82) is 5.26 Å². The van der Waals surface area contributed by atoms with Crippen molar-refractivity contribution in [3.05, 3.63) is 41.6 Å². The van der Waals surface area contributed by atoms with E-state index in [1.165, 1.54) is 0 Å². The molecule has 0 spiro atoms. The first-order chi connectivity index (χ1) is 10.2. The molecule has 1 aliphatic rings. The van der Waals surface area contributed by atoms with Crippen LogP contribution < -0.4 is 0 Å². The quantitative estimate of drug-likeness (QED) is 0.808. The Labute approximate surface area is 122 Å². The summed E-state index contributed by atoms with van der Waals surface area (Å²) in [5.41, 5.74) is 2.79. The molecular formula is C16H15N3O2. The van der Waals surface area contributed by atoms with E-state index in [0.717, 1.165) is 24.1 Å². The van der Waals surface area contributed by atoms with Gasteiger partial charge in [-0.3, -0.25) is 4.68 Å². The van der Waals surface area contributed by atoms with Gasteiger partial charge in [-0.05, 0) is 43.5 Å². The van der Waals surface area contributed by atoms with E-state index in [1.807, 2.05) is 16.8 Å². The number of carbonyl (C=O) groups excluding carboxylic acids is 1. The van der Waals surface area contributed by atoms with Gasteiger partial charge in [0.2, 0.25) is 0 Å². The van der Waals surface area contributed by atoms with Gasteiger partial charge in [0.25, 0.3) is 0 Å². The lowest BCUT2D eigenvalue weighted by molar-refractivity contribution is 0.0518. The second-order valence-electron chi connectivity index (χ2n) is 5.00. The van der Waals surface area contributed by atoms with Crippen LogP contribution in [-0.4, -0.2) is 22.4 Å². The third-order valence-electron chi connectivity index (χ3n) is 3.42. The van der Waals surface area contributed by atoms with Crippen molar-refractivity contribution in [2.75, 3.05) is 6.61 Å². The van der Waals surface area contributed by atoms with E-state index in [9.17, 15) is 4.79 Å². The molecule has 0 atom stereocenters. The third kappa shape index (κ3) is 2.65. The summed E-state index contributed by atoms with van der Waals surface area (Å²) in [5, 5.41) is 13.2. The molecule has 5 heteroatoms. The highest BCUT2D eigenvalue weighted by molar-refractivity contribution is 5.88. The number of nitrogens with zero attached hydrogens (tertiary/aromatic N) is 3. The third-order valence-corrected chi connectivity index (χ3v) is 3.42. The second kappa shape index (κ2) is 5.41. The number of esters is 1. The summed E-state index contributed by atoms with van der Waals surface area (Å²) in [6, 6.07) is 11.5. The fourth-order valence-electron chi connectivity index (χ4n) is 2.23. The Kier molecular flexibility index (Phi) is 3.44. The molecule has 2 aromatic rings. The molecule has 0 aliphatic heterocycles. The molecule has 5 nitrogen and oxygen atoms in total. The maximum atomic E-state index is 11.8. The van der Waals surface area contributed by atoms with Crippen molar-refractivity contribution in [1.82, 2.24) is 9.78 Å². The maximum Gasteiger partial charge on any atom is 0.358 e. The van der Waals surface area contributed by atoms with E-state index in [-0.39, 0.29) is 0 Å². The van der Waals surface area contributed by atoms with Crippen LogP contribution in [0.1, 0.15) is 41.9 Å². The Morgan fingerprint density at radius 3 is 2.71 bits per heavy atom. The molecule has 1 aromatic carbocycles. The average molecular weight is 281 g/mol. The summed E-state index contributed by atoms with van der Waals surface area (Å²) in [6.45, 7) is 2.11. The van der Waals surface area contributed by atoms with Crippen molar-refractivity contribution in [2.24, 2.45) is 0 Å². The van der Waals surface area contributed by atoms with Crippen molar-refractivity contribution >= 4 is 5.97 Å². The highest BCUT2D eigenvalue weighted by Gasteiger charge is 2.29. The molecule has 1 aromatic heterocycles. The number of ether oxygens (including phenoxy) is 1. The van der Waals surface area contributed by atoms with E-state index in [0.29, 0.717) is 23.9 Å². The van der Waals surface area contributed by atoms with Gasteiger partial charge >= 0.3 is 5.97 Å². The number of benzene rings is 1. The number of carbonyl (C=O) groups is 1. The van der Waals surface area contributed by atoms with Gasteiger partial charge in [-0.25, -0.2) is 4.79 Å². The lowest BCUT2D eigenvalue weighted by atomic mass is 10.1. The molecule has 0 saturated heterocycles. The van der Waals surface area contributed by atoms with Crippen LogP contribution in [0.5, 0.6) is 0 Å². The van der Waals surface area contributed by atoms with Gasteiger partial charge in [-0.1, -0.05) is 12.1 Å². The molecule has 0 unspecified atom stereocenters. The Bertz CT molecular complexity index is 706. The Hall–Kier alpha value is -2.61. The minimum atomic E-state index is -0.396. The summed E-state index contributed by atoms with van der Waals surface area (Å²) in [6.07, 6.45) is 2.15. The van der Waals surface area contributed by atoms with Crippen LogP contribution in [0.25, 0.3) is 11.3 Å². The van der Waals surface area contributed by atoms with Crippen LogP contribution in [0.15, 0.2) is 30.3 Å². The minimum Gasteiger partial charge on any atom is -0.461 e. The highest BCUT2D eigenvalue weighted by atomic mass is 16.5. The molecule has 0 amide bonds. The highest BCUT2D eigenvalue weighted by Crippen LogP contribution is 2.38. The summed E-state index contributed by atoms with van der Waals surface area (Å²) in [4.78, 5) is 11.8. The lowest BCUT2D eigenvalue weighted by Crippen LogP contribution is -2.06. The molecule has 1 heterocycles. The molecule has 3 rings (SSSR count). The first-order valence-corrected chi connectivity index (χ1v) is 7.00. The first-order valence-electron chi connectivity index (χ1n) is 7.00. The molecule has 0 N–H and O–H groups in total. The zero-order chi connectivity index (χ0) is 14.8. The van der Waals surface area contributed by atoms with Crippen molar-refractivity contribution in [3.63, 3.8) is 0 Å². The van der Waals surface area contributed by atoms with E-state index in [4.69, 9.17) is 10.00 Å². The van der Waals surface area contributed by atoms with Gasteiger partial charge in [-0.15, -0.1) is 0 Å². The average Bonchev–Trinajstić information content (AvgIpc) is 3.26. The van der Waals surface area contributed by atoms with Gasteiger partial charge in [0.05, 0.1) is 30.0 Å². The van der Waals surface area contributed by atoms with Crippen LogP contribution in [0.3, 0.4) is 0 Å². The standard InChI is InChI=1S/C16H15N3O2/c1-2-21-16(20)14-9-15(19(18-14)13-7-8-13)12-5-3-11(10-17)4-6-12/h3-6,9,13H,2,7-8H2,1H3. The molecule has 1 saturated carbocycles. The van der Waals surface area contributed by atoms with E-state index in [2.05, 4.69) is 11.2 Å². The van der Waals surface area contributed by atoms with Crippen molar-refractivity contribution in [2.45, 2.75) is 25.8 Å². The Morgan fingerprint density at radius 1 is 1.43 bits per heavy atom. The Morgan fingerprint density at radius 2 is 2.14 bits per heavy atom. The van der Waals surface area contributed by atoms with Crippen LogP contribution >= 0.6 is 0 Å². The number of hydrogen-bond donors (Lipinski definition) is 0. The van der Waals surface area contributed by atoms with Gasteiger partial charge in [0, 0.05) is 0 Å². The summed E-state index contributed by atoms with van der Waals surface area (Å²) < 4.78 is 6.91. The van der Waals surface area contributed by atoms with Gasteiger partial charge < -0.3 is 4.74 Å². The van der Waals surface area contributed by atoms with E-state index < -0.39 is 5.97 Å². The number of rotatable bonds is 4. The summed E-state index contributed by atoms with van der Waals surface area (Å²) in [5.74, 6) is -0.396. The molecule has 21 heavy (non-hydrogen) atoms. The molecule has 1 aliphatic carbocycles. The zero-order valence-electron chi connectivity index (χ0n) is 11.7. The fourth-order valence-corrected chi connectivity index (χ4v) is 2.23. The number of hydrogen-bond acceptors (Lipinski definition) is 4. The largest absolute Gasteiger partial charge is 0.461 e. The first kappa shape index (κ1) is 13.4.